The SMILES string of the molecule is Cc1ccc(CN(C)C(=O)COc2ccc(F)cc2)o1. The third-order valence-corrected chi connectivity index (χ3v) is 2.79. The second kappa shape index (κ2) is 6.23. The van der Waals surface area contributed by atoms with Crippen molar-refractivity contribution in [3.63, 3.8) is 0 Å². The van der Waals surface area contributed by atoms with Crippen LogP contribution in [0, 0.1) is 12.7 Å². The Bertz CT molecular complexity index is 577. The summed E-state index contributed by atoms with van der Waals surface area (Å²) < 4.78 is 23.4. The van der Waals surface area contributed by atoms with Crippen LogP contribution in [0.15, 0.2) is 40.8 Å². The Balaban J connectivity index is 1.83. The van der Waals surface area contributed by atoms with Gasteiger partial charge in [-0.1, -0.05) is 0 Å². The van der Waals surface area contributed by atoms with Crippen LogP contribution in [0.3, 0.4) is 0 Å². The number of furan rings is 1. The molecule has 20 heavy (non-hydrogen) atoms. The van der Waals surface area contributed by atoms with Crippen LogP contribution in [0.25, 0.3) is 0 Å². The lowest BCUT2D eigenvalue weighted by molar-refractivity contribution is -0.132. The molecule has 106 valence electrons. The topological polar surface area (TPSA) is 42.7 Å². The normalized spacial score (nSPS) is 10.3. The molecular weight excluding hydrogens is 261 g/mol. The first-order valence-electron chi connectivity index (χ1n) is 6.22. The van der Waals surface area contributed by atoms with Gasteiger partial charge in [-0.3, -0.25) is 4.79 Å². The van der Waals surface area contributed by atoms with Crippen LogP contribution < -0.4 is 4.74 Å². The molecule has 4 nitrogen and oxygen atoms in total. The fourth-order valence-electron chi connectivity index (χ4n) is 1.68. The van der Waals surface area contributed by atoms with Crippen LogP contribution in [0.1, 0.15) is 11.5 Å². The predicted molar refractivity (Wildman–Crippen MR) is 71.8 cm³/mol. The Hall–Kier alpha value is -2.30. The Morgan fingerprint density at radius 2 is 1.95 bits per heavy atom. The van der Waals surface area contributed by atoms with Crippen molar-refractivity contribution in [1.82, 2.24) is 4.90 Å². The van der Waals surface area contributed by atoms with Gasteiger partial charge < -0.3 is 14.1 Å². The number of hydrogen-bond acceptors (Lipinski definition) is 3. The van der Waals surface area contributed by atoms with E-state index < -0.39 is 0 Å². The molecule has 0 N–H and O–H groups in total. The van der Waals surface area contributed by atoms with Gasteiger partial charge in [0.25, 0.3) is 5.91 Å². The van der Waals surface area contributed by atoms with Gasteiger partial charge in [0.2, 0.25) is 0 Å². The largest absolute Gasteiger partial charge is 0.484 e. The summed E-state index contributed by atoms with van der Waals surface area (Å²) in [4.78, 5) is 13.4. The molecule has 1 amide bonds. The molecule has 2 aromatic rings. The van der Waals surface area contributed by atoms with Crippen molar-refractivity contribution in [3.8, 4) is 5.75 Å². The van der Waals surface area contributed by atoms with Gasteiger partial charge in [0.1, 0.15) is 23.1 Å². The third kappa shape index (κ3) is 3.85. The van der Waals surface area contributed by atoms with Gasteiger partial charge in [0.05, 0.1) is 6.54 Å². The Morgan fingerprint density at radius 3 is 2.55 bits per heavy atom. The predicted octanol–water partition coefficient (Wildman–Crippen LogP) is 2.76. The number of carbonyl (C=O) groups excluding carboxylic acids is 1. The molecule has 0 fully saturated rings. The lowest BCUT2D eigenvalue weighted by atomic mass is 10.3. The number of rotatable bonds is 5. The van der Waals surface area contributed by atoms with Crippen molar-refractivity contribution < 1.29 is 18.3 Å². The highest BCUT2D eigenvalue weighted by molar-refractivity contribution is 5.77. The second-order valence-corrected chi connectivity index (χ2v) is 4.50. The molecule has 2 rings (SSSR count). The molecule has 0 aliphatic carbocycles. The van der Waals surface area contributed by atoms with Gasteiger partial charge in [-0.25, -0.2) is 4.39 Å². The highest BCUT2D eigenvalue weighted by Gasteiger charge is 2.12. The summed E-state index contributed by atoms with van der Waals surface area (Å²) >= 11 is 0. The first-order valence-corrected chi connectivity index (χ1v) is 6.22. The minimum Gasteiger partial charge on any atom is -0.484 e. The molecule has 0 spiro atoms. The molecule has 0 aliphatic rings. The van der Waals surface area contributed by atoms with Gasteiger partial charge >= 0.3 is 0 Å². The average Bonchev–Trinajstić information content (AvgIpc) is 2.83. The molecule has 1 aromatic heterocycles. The second-order valence-electron chi connectivity index (χ2n) is 4.50. The number of benzene rings is 1. The molecule has 0 radical (unpaired) electrons. The third-order valence-electron chi connectivity index (χ3n) is 2.79. The maximum atomic E-state index is 12.7. The zero-order valence-electron chi connectivity index (χ0n) is 11.4. The minimum atomic E-state index is -0.339. The first kappa shape index (κ1) is 14.1. The summed E-state index contributed by atoms with van der Waals surface area (Å²) in [5.41, 5.74) is 0. The number of ether oxygens (including phenoxy) is 1. The zero-order chi connectivity index (χ0) is 14.5. The van der Waals surface area contributed by atoms with E-state index in [0.29, 0.717) is 12.3 Å². The number of nitrogens with zero attached hydrogens (tertiary/aromatic N) is 1. The van der Waals surface area contributed by atoms with Crippen LogP contribution >= 0.6 is 0 Å². The van der Waals surface area contributed by atoms with E-state index in [0.717, 1.165) is 11.5 Å². The average molecular weight is 277 g/mol. The molecule has 0 bridgehead atoms. The van der Waals surface area contributed by atoms with E-state index >= 15 is 0 Å². The molecule has 0 saturated carbocycles. The van der Waals surface area contributed by atoms with Crippen molar-refractivity contribution in [2.75, 3.05) is 13.7 Å². The van der Waals surface area contributed by atoms with E-state index in [4.69, 9.17) is 9.15 Å². The summed E-state index contributed by atoms with van der Waals surface area (Å²) in [5.74, 6) is 1.47. The lowest BCUT2D eigenvalue weighted by Crippen LogP contribution is -2.30. The fourth-order valence-corrected chi connectivity index (χ4v) is 1.68. The summed E-state index contributed by atoms with van der Waals surface area (Å²) in [6, 6.07) is 9.23. The minimum absolute atomic E-state index is 0.0954. The number of carbonyl (C=O) groups is 1. The van der Waals surface area contributed by atoms with Crippen LogP contribution in [-0.4, -0.2) is 24.5 Å². The summed E-state index contributed by atoms with van der Waals surface area (Å²) in [7, 11) is 1.67. The quantitative estimate of drug-likeness (QED) is 0.844. The monoisotopic (exact) mass is 277 g/mol. The van der Waals surface area contributed by atoms with E-state index in [9.17, 15) is 9.18 Å². The maximum Gasteiger partial charge on any atom is 0.260 e. The lowest BCUT2D eigenvalue weighted by Gasteiger charge is -2.16. The van der Waals surface area contributed by atoms with Crippen molar-refractivity contribution in [1.29, 1.82) is 0 Å². The van der Waals surface area contributed by atoms with E-state index in [1.54, 1.807) is 7.05 Å². The van der Waals surface area contributed by atoms with Gasteiger partial charge in [-0.05, 0) is 43.3 Å². The van der Waals surface area contributed by atoms with Gasteiger partial charge in [-0.15, -0.1) is 0 Å². The number of likely N-dealkylation sites (N-methyl/N-ethyl adjacent to an activating group) is 1. The number of halogens is 1. The molecule has 1 heterocycles. The number of aryl methyl sites for hydroxylation is 1. The van der Waals surface area contributed by atoms with Crippen LogP contribution in [0.4, 0.5) is 4.39 Å². The maximum absolute atomic E-state index is 12.7. The number of hydrogen-bond donors (Lipinski definition) is 0. The highest BCUT2D eigenvalue weighted by Crippen LogP contribution is 2.12. The van der Waals surface area contributed by atoms with Crippen molar-refractivity contribution in [2.45, 2.75) is 13.5 Å². The van der Waals surface area contributed by atoms with Crippen LogP contribution in [0.5, 0.6) is 5.75 Å². The standard InChI is InChI=1S/C15H16FNO3/c1-11-3-6-14(20-11)9-17(2)15(18)10-19-13-7-4-12(16)5-8-13/h3-8H,9-10H2,1-2H3. The number of amides is 1. The highest BCUT2D eigenvalue weighted by atomic mass is 19.1. The summed E-state index contributed by atoms with van der Waals surface area (Å²) in [6.07, 6.45) is 0. The van der Waals surface area contributed by atoms with Gasteiger partial charge in [0.15, 0.2) is 6.61 Å². The van der Waals surface area contributed by atoms with Gasteiger partial charge in [0, 0.05) is 7.05 Å². The van der Waals surface area contributed by atoms with Crippen LogP contribution in [0.2, 0.25) is 0 Å². The van der Waals surface area contributed by atoms with Crippen molar-refractivity contribution >= 4 is 5.91 Å². The molecule has 0 aliphatic heterocycles. The Morgan fingerprint density at radius 1 is 1.25 bits per heavy atom. The molecule has 0 saturated heterocycles. The molecule has 0 atom stereocenters. The Kier molecular flexibility index (Phi) is 4.40. The van der Waals surface area contributed by atoms with Crippen molar-refractivity contribution in [3.05, 3.63) is 53.7 Å². The summed E-state index contributed by atoms with van der Waals surface area (Å²) in [6.45, 7) is 2.14. The van der Waals surface area contributed by atoms with E-state index in [-0.39, 0.29) is 18.3 Å². The van der Waals surface area contributed by atoms with E-state index in [1.165, 1.54) is 29.2 Å². The van der Waals surface area contributed by atoms with E-state index in [1.807, 2.05) is 19.1 Å². The molecule has 1 aromatic carbocycles. The molecular formula is C15H16FNO3. The molecule has 5 heteroatoms. The van der Waals surface area contributed by atoms with E-state index in [2.05, 4.69) is 0 Å². The zero-order valence-corrected chi connectivity index (χ0v) is 11.4. The van der Waals surface area contributed by atoms with Gasteiger partial charge in [-0.2, -0.15) is 0 Å². The van der Waals surface area contributed by atoms with Crippen molar-refractivity contribution in [2.24, 2.45) is 0 Å². The Labute approximate surface area is 116 Å². The fraction of sp³-hybridized carbons (Fsp3) is 0.267. The smallest absolute Gasteiger partial charge is 0.260 e. The summed E-state index contributed by atoms with van der Waals surface area (Å²) in [5, 5.41) is 0. The van der Waals surface area contributed by atoms with Crippen LogP contribution in [-0.2, 0) is 11.3 Å². The first-order chi connectivity index (χ1) is 9.54. The molecule has 0 unspecified atom stereocenters.